The van der Waals surface area contributed by atoms with Crippen LogP contribution in [0.3, 0.4) is 0 Å². The van der Waals surface area contributed by atoms with E-state index >= 15 is 0 Å². The predicted octanol–water partition coefficient (Wildman–Crippen LogP) is 1.55. The number of carbonyl (C=O) groups is 2. The van der Waals surface area contributed by atoms with Crippen molar-refractivity contribution in [1.29, 1.82) is 0 Å². The van der Waals surface area contributed by atoms with Gasteiger partial charge in [0.1, 0.15) is 0 Å². The van der Waals surface area contributed by atoms with Crippen LogP contribution in [0.15, 0.2) is 11.6 Å². The van der Waals surface area contributed by atoms with Crippen LogP contribution >= 0.6 is 0 Å². The summed E-state index contributed by atoms with van der Waals surface area (Å²) in [4.78, 5) is 22.1. The van der Waals surface area contributed by atoms with Gasteiger partial charge in [-0.15, -0.1) is 0 Å². The van der Waals surface area contributed by atoms with E-state index in [1.807, 2.05) is 0 Å². The van der Waals surface area contributed by atoms with Crippen molar-refractivity contribution in [3.8, 4) is 0 Å². The fraction of sp³-hybridized carbons (Fsp3) is 0.667. The minimum atomic E-state index is -0.254. The zero-order valence-electron chi connectivity index (χ0n) is 9.91. The van der Waals surface area contributed by atoms with Crippen molar-refractivity contribution in [1.82, 2.24) is 5.32 Å². The molecule has 1 aliphatic rings. The molecule has 1 amide bonds. The van der Waals surface area contributed by atoms with E-state index in [9.17, 15) is 9.59 Å². The number of carbonyl (C=O) groups excluding carboxylic acids is 2. The average Bonchev–Trinajstić information content (AvgIpc) is 2.20. The van der Waals surface area contributed by atoms with Crippen LogP contribution in [-0.2, 0) is 14.3 Å². The number of ether oxygens (including phenoxy) is 1. The molecule has 0 spiro atoms. The highest BCUT2D eigenvalue weighted by Gasteiger charge is 2.17. The SMILES string of the molecule is CCOC(=O)C=C1CCC(NC(C)=O)CC1. The van der Waals surface area contributed by atoms with Crippen LogP contribution in [0.5, 0.6) is 0 Å². The molecule has 0 aromatic carbocycles. The van der Waals surface area contributed by atoms with E-state index in [2.05, 4.69) is 5.32 Å². The van der Waals surface area contributed by atoms with Crippen molar-refractivity contribution >= 4 is 11.9 Å². The summed E-state index contributed by atoms with van der Waals surface area (Å²) in [5.41, 5.74) is 1.13. The van der Waals surface area contributed by atoms with Crippen molar-refractivity contribution in [2.45, 2.75) is 45.6 Å². The quantitative estimate of drug-likeness (QED) is 0.585. The van der Waals surface area contributed by atoms with Gasteiger partial charge in [-0.3, -0.25) is 4.79 Å². The maximum atomic E-state index is 11.2. The van der Waals surface area contributed by atoms with Gasteiger partial charge in [0.05, 0.1) is 6.61 Å². The second-order valence-corrected chi connectivity index (χ2v) is 4.03. The maximum absolute atomic E-state index is 11.2. The maximum Gasteiger partial charge on any atom is 0.330 e. The number of hydrogen-bond donors (Lipinski definition) is 1. The number of nitrogens with one attached hydrogen (secondary N) is 1. The van der Waals surface area contributed by atoms with E-state index in [1.54, 1.807) is 13.0 Å². The van der Waals surface area contributed by atoms with Crippen LogP contribution in [0.4, 0.5) is 0 Å². The third kappa shape index (κ3) is 4.47. The van der Waals surface area contributed by atoms with Crippen molar-refractivity contribution in [2.75, 3.05) is 6.61 Å². The molecule has 4 nitrogen and oxygen atoms in total. The molecule has 0 heterocycles. The lowest BCUT2D eigenvalue weighted by molar-refractivity contribution is -0.137. The number of hydrogen-bond acceptors (Lipinski definition) is 3. The third-order valence-corrected chi connectivity index (χ3v) is 2.64. The van der Waals surface area contributed by atoms with Crippen molar-refractivity contribution in [2.24, 2.45) is 0 Å². The van der Waals surface area contributed by atoms with Gasteiger partial charge in [0.15, 0.2) is 0 Å². The second-order valence-electron chi connectivity index (χ2n) is 4.03. The molecule has 0 atom stereocenters. The summed E-state index contributed by atoms with van der Waals surface area (Å²) in [5.74, 6) is -0.238. The highest BCUT2D eigenvalue weighted by Crippen LogP contribution is 2.23. The molecule has 0 aliphatic heterocycles. The highest BCUT2D eigenvalue weighted by molar-refractivity contribution is 5.82. The molecule has 0 bridgehead atoms. The normalized spacial score (nSPS) is 20.1. The molecular formula is C12H19NO3. The molecular weight excluding hydrogens is 206 g/mol. The Bertz CT molecular complexity index is 287. The van der Waals surface area contributed by atoms with Gasteiger partial charge in [-0.2, -0.15) is 0 Å². The lowest BCUT2D eigenvalue weighted by Crippen LogP contribution is -2.34. The van der Waals surface area contributed by atoms with Gasteiger partial charge in [0.25, 0.3) is 0 Å². The summed E-state index contributed by atoms with van der Waals surface area (Å²) in [6.07, 6.45) is 5.14. The molecule has 16 heavy (non-hydrogen) atoms. The third-order valence-electron chi connectivity index (χ3n) is 2.64. The Morgan fingerprint density at radius 2 is 2.06 bits per heavy atom. The Kier molecular flexibility index (Phi) is 5.02. The monoisotopic (exact) mass is 225 g/mol. The molecule has 0 aromatic rings. The summed E-state index contributed by atoms with van der Waals surface area (Å²) < 4.78 is 4.85. The van der Waals surface area contributed by atoms with Gasteiger partial charge in [-0.05, 0) is 32.6 Å². The van der Waals surface area contributed by atoms with Crippen molar-refractivity contribution < 1.29 is 14.3 Å². The molecule has 0 radical (unpaired) electrons. The molecule has 4 heteroatoms. The summed E-state index contributed by atoms with van der Waals surface area (Å²) in [6, 6.07) is 0.261. The van der Waals surface area contributed by atoms with Crippen molar-refractivity contribution in [3.05, 3.63) is 11.6 Å². The van der Waals surface area contributed by atoms with E-state index in [0.29, 0.717) is 6.61 Å². The Hall–Kier alpha value is -1.32. The number of esters is 1. The number of rotatable bonds is 3. The van der Waals surface area contributed by atoms with Crippen LogP contribution in [0.2, 0.25) is 0 Å². The first-order valence-electron chi connectivity index (χ1n) is 5.75. The largest absolute Gasteiger partial charge is 0.463 e. The van der Waals surface area contributed by atoms with Gasteiger partial charge in [-0.25, -0.2) is 4.79 Å². The Morgan fingerprint density at radius 3 is 2.56 bits per heavy atom. The molecule has 1 N–H and O–H groups in total. The first-order chi connectivity index (χ1) is 7.61. The molecule has 0 aromatic heterocycles. The molecule has 1 fully saturated rings. The number of allylic oxidation sites excluding steroid dienone is 1. The molecule has 1 saturated carbocycles. The Balaban J connectivity index is 2.36. The molecule has 1 rings (SSSR count). The molecule has 0 saturated heterocycles. The van der Waals surface area contributed by atoms with E-state index in [-0.39, 0.29) is 17.9 Å². The van der Waals surface area contributed by atoms with Crippen LogP contribution in [0.25, 0.3) is 0 Å². The first-order valence-corrected chi connectivity index (χ1v) is 5.75. The molecule has 1 aliphatic carbocycles. The minimum Gasteiger partial charge on any atom is -0.463 e. The fourth-order valence-corrected chi connectivity index (χ4v) is 1.92. The fourth-order valence-electron chi connectivity index (χ4n) is 1.92. The van der Waals surface area contributed by atoms with Gasteiger partial charge in [0, 0.05) is 19.0 Å². The standard InChI is InChI=1S/C12H19NO3/c1-3-16-12(15)8-10-4-6-11(7-5-10)13-9(2)14/h8,11H,3-7H2,1-2H3,(H,13,14). The summed E-state index contributed by atoms with van der Waals surface area (Å²) in [5, 5.41) is 2.90. The highest BCUT2D eigenvalue weighted by atomic mass is 16.5. The zero-order valence-corrected chi connectivity index (χ0v) is 9.91. The smallest absolute Gasteiger partial charge is 0.330 e. The van der Waals surface area contributed by atoms with E-state index < -0.39 is 0 Å². The van der Waals surface area contributed by atoms with Crippen LogP contribution < -0.4 is 5.32 Å². The summed E-state index contributed by atoms with van der Waals surface area (Å²) in [6.45, 7) is 3.74. The molecule has 0 unspecified atom stereocenters. The van der Waals surface area contributed by atoms with E-state index in [1.165, 1.54) is 6.92 Å². The predicted molar refractivity (Wildman–Crippen MR) is 60.8 cm³/mol. The van der Waals surface area contributed by atoms with Crippen LogP contribution in [0, 0.1) is 0 Å². The first kappa shape index (κ1) is 12.7. The Morgan fingerprint density at radius 1 is 1.44 bits per heavy atom. The zero-order chi connectivity index (χ0) is 12.0. The van der Waals surface area contributed by atoms with Gasteiger partial charge in [0.2, 0.25) is 5.91 Å². The van der Waals surface area contributed by atoms with Gasteiger partial charge in [-0.1, -0.05) is 5.57 Å². The lowest BCUT2D eigenvalue weighted by atomic mass is 9.90. The minimum absolute atomic E-state index is 0.0165. The van der Waals surface area contributed by atoms with Gasteiger partial charge < -0.3 is 10.1 Å². The molecule has 90 valence electrons. The summed E-state index contributed by atoms with van der Waals surface area (Å²) in [7, 11) is 0. The number of amides is 1. The Labute approximate surface area is 96.0 Å². The van der Waals surface area contributed by atoms with E-state index in [4.69, 9.17) is 4.74 Å². The summed E-state index contributed by atoms with van der Waals surface area (Å²) >= 11 is 0. The van der Waals surface area contributed by atoms with Gasteiger partial charge >= 0.3 is 5.97 Å². The van der Waals surface area contributed by atoms with E-state index in [0.717, 1.165) is 31.3 Å². The topological polar surface area (TPSA) is 55.4 Å². The lowest BCUT2D eigenvalue weighted by Gasteiger charge is -2.24. The average molecular weight is 225 g/mol. The van der Waals surface area contributed by atoms with Crippen molar-refractivity contribution in [3.63, 3.8) is 0 Å². The van der Waals surface area contributed by atoms with Crippen LogP contribution in [-0.4, -0.2) is 24.5 Å². The van der Waals surface area contributed by atoms with Crippen LogP contribution in [0.1, 0.15) is 39.5 Å². The second kappa shape index (κ2) is 6.30.